The Hall–Kier alpha value is -2.65. The molecule has 0 N–H and O–H groups in total. The first-order valence-corrected chi connectivity index (χ1v) is 9.29. The predicted molar refractivity (Wildman–Crippen MR) is 106 cm³/mol. The van der Waals surface area contributed by atoms with Crippen LogP contribution in [0.15, 0.2) is 35.9 Å². The van der Waals surface area contributed by atoms with Gasteiger partial charge < -0.3 is 14.2 Å². The van der Waals surface area contributed by atoms with E-state index < -0.39 is 29.7 Å². The number of carbonyl (C=O) groups is 2. The lowest BCUT2D eigenvalue weighted by Crippen LogP contribution is -2.27. The summed E-state index contributed by atoms with van der Waals surface area (Å²) >= 11 is 0. The van der Waals surface area contributed by atoms with Gasteiger partial charge in [-0.3, -0.25) is 0 Å². The summed E-state index contributed by atoms with van der Waals surface area (Å²) in [4.78, 5) is 24.0. The molecule has 0 unspecified atom stereocenters. The number of hydrogen-bond acceptors (Lipinski definition) is 6. The van der Waals surface area contributed by atoms with E-state index in [2.05, 4.69) is 0 Å². The van der Waals surface area contributed by atoms with Crippen molar-refractivity contribution in [3.8, 4) is 6.07 Å². The topological polar surface area (TPSA) is 85.6 Å². The van der Waals surface area contributed by atoms with E-state index in [9.17, 15) is 14.9 Å². The first-order chi connectivity index (χ1) is 13.1. The Morgan fingerprint density at radius 2 is 1.82 bits per heavy atom. The maximum Gasteiger partial charge on any atom is 0.338 e. The van der Waals surface area contributed by atoms with E-state index in [0.717, 1.165) is 11.6 Å². The molecule has 0 aromatic heterocycles. The van der Waals surface area contributed by atoms with Gasteiger partial charge in [0.25, 0.3) is 0 Å². The minimum atomic E-state index is -0.644. The Labute approximate surface area is 167 Å². The maximum atomic E-state index is 12.1. The third kappa shape index (κ3) is 8.36. The summed E-state index contributed by atoms with van der Waals surface area (Å²) in [7, 11) is 0. The van der Waals surface area contributed by atoms with Crippen molar-refractivity contribution in [2.75, 3.05) is 6.61 Å². The Morgan fingerprint density at radius 3 is 2.32 bits per heavy atom. The van der Waals surface area contributed by atoms with Gasteiger partial charge >= 0.3 is 11.9 Å². The summed E-state index contributed by atoms with van der Waals surface area (Å²) in [5, 5.41) is 9.33. The molecule has 0 aliphatic carbocycles. The number of ether oxygens (including phenoxy) is 3. The van der Waals surface area contributed by atoms with Crippen LogP contribution in [-0.4, -0.2) is 36.4 Å². The van der Waals surface area contributed by atoms with Crippen molar-refractivity contribution in [3.63, 3.8) is 0 Å². The SMILES string of the molecule is CC[C@@H](COC(=O)c1ccc(C)cc1)O[C@H](C)/C(C#N)=C/C(=O)OC(C)(C)C. The zero-order valence-corrected chi connectivity index (χ0v) is 17.4. The molecule has 6 nitrogen and oxygen atoms in total. The molecular weight excluding hydrogens is 358 g/mol. The van der Waals surface area contributed by atoms with Gasteiger partial charge in [0, 0.05) is 6.08 Å². The molecule has 2 atom stereocenters. The largest absolute Gasteiger partial charge is 0.459 e. The lowest BCUT2D eigenvalue weighted by atomic mass is 10.1. The summed E-state index contributed by atoms with van der Waals surface area (Å²) in [6.07, 6.45) is 0.678. The fraction of sp³-hybridized carbons (Fsp3) is 0.500. The van der Waals surface area contributed by atoms with E-state index in [4.69, 9.17) is 14.2 Å². The van der Waals surface area contributed by atoms with E-state index in [-0.39, 0.29) is 12.2 Å². The zero-order valence-electron chi connectivity index (χ0n) is 17.4. The number of esters is 2. The molecule has 0 heterocycles. The Kier molecular flexibility index (Phi) is 8.87. The third-order valence-electron chi connectivity index (χ3n) is 3.79. The highest BCUT2D eigenvalue weighted by Crippen LogP contribution is 2.14. The van der Waals surface area contributed by atoms with Gasteiger partial charge in [-0.25, -0.2) is 9.59 Å². The first kappa shape index (κ1) is 23.4. The van der Waals surface area contributed by atoms with Crippen LogP contribution in [0.1, 0.15) is 57.0 Å². The van der Waals surface area contributed by atoms with E-state index in [1.807, 2.05) is 32.0 Å². The van der Waals surface area contributed by atoms with Gasteiger partial charge in [0.05, 0.1) is 29.4 Å². The highest BCUT2D eigenvalue weighted by molar-refractivity contribution is 5.89. The smallest absolute Gasteiger partial charge is 0.338 e. The lowest BCUT2D eigenvalue weighted by molar-refractivity contribution is -0.148. The Bertz CT molecular complexity index is 738. The fourth-order valence-corrected chi connectivity index (χ4v) is 2.26. The number of nitrogens with zero attached hydrogens (tertiary/aromatic N) is 1. The quantitative estimate of drug-likeness (QED) is 0.379. The second-order valence-corrected chi connectivity index (χ2v) is 7.52. The van der Waals surface area contributed by atoms with Crippen LogP contribution in [0.25, 0.3) is 0 Å². The molecule has 0 fully saturated rings. The molecule has 1 aromatic rings. The van der Waals surface area contributed by atoms with Crippen molar-refractivity contribution < 1.29 is 23.8 Å². The van der Waals surface area contributed by atoms with Gasteiger partial charge in [-0.2, -0.15) is 5.26 Å². The average Bonchev–Trinajstić information content (AvgIpc) is 2.61. The second-order valence-electron chi connectivity index (χ2n) is 7.52. The minimum Gasteiger partial charge on any atom is -0.459 e. The normalized spacial score (nSPS) is 14.0. The van der Waals surface area contributed by atoms with Gasteiger partial charge in [0.2, 0.25) is 0 Å². The molecule has 0 saturated carbocycles. The monoisotopic (exact) mass is 387 g/mol. The summed E-state index contributed by atoms with van der Waals surface area (Å²) in [5.74, 6) is -1.03. The van der Waals surface area contributed by atoms with Gasteiger partial charge in [0.15, 0.2) is 0 Å². The molecular formula is C22H29NO5. The van der Waals surface area contributed by atoms with Crippen molar-refractivity contribution in [2.45, 2.75) is 65.8 Å². The highest BCUT2D eigenvalue weighted by Gasteiger charge is 2.20. The van der Waals surface area contributed by atoms with Crippen molar-refractivity contribution in [1.29, 1.82) is 5.26 Å². The molecule has 1 aromatic carbocycles. The van der Waals surface area contributed by atoms with Gasteiger partial charge in [0.1, 0.15) is 12.2 Å². The standard InChI is InChI=1S/C22H29NO5/c1-7-19(14-26-21(25)17-10-8-15(2)9-11-17)27-16(3)18(13-23)12-20(24)28-22(4,5)6/h8-12,16,19H,7,14H2,1-6H3/b18-12+/t16-,19+/m1/s1. The highest BCUT2D eigenvalue weighted by atomic mass is 16.6. The predicted octanol–water partition coefficient (Wildman–Crippen LogP) is 4.13. The summed E-state index contributed by atoms with van der Waals surface area (Å²) in [6, 6.07) is 9.07. The molecule has 0 amide bonds. The molecule has 1 rings (SSSR count). The van der Waals surface area contributed by atoms with Crippen molar-refractivity contribution in [2.24, 2.45) is 0 Å². The van der Waals surface area contributed by atoms with Crippen LogP contribution >= 0.6 is 0 Å². The molecule has 0 radical (unpaired) electrons. The molecule has 0 bridgehead atoms. The number of carbonyl (C=O) groups excluding carboxylic acids is 2. The average molecular weight is 387 g/mol. The number of benzene rings is 1. The minimum absolute atomic E-state index is 0.0543. The lowest BCUT2D eigenvalue weighted by Gasteiger charge is -2.22. The number of hydrogen-bond donors (Lipinski definition) is 0. The van der Waals surface area contributed by atoms with E-state index in [0.29, 0.717) is 12.0 Å². The van der Waals surface area contributed by atoms with Crippen LogP contribution in [0, 0.1) is 18.3 Å². The Morgan fingerprint density at radius 1 is 1.21 bits per heavy atom. The van der Waals surface area contributed by atoms with Crippen molar-refractivity contribution >= 4 is 11.9 Å². The van der Waals surface area contributed by atoms with Crippen LogP contribution < -0.4 is 0 Å². The van der Waals surface area contributed by atoms with E-state index in [1.165, 1.54) is 0 Å². The number of aryl methyl sites for hydroxylation is 1. The van der Waals surface area contributed by atoms with E-state index >= 15 is 0 Å². The summed E-state index contributed by atoms with van der Waals surface area (Å²) < 4.78 is 16.3. The Balaban J connectivity index is 2.66. The fourth-order valence-electron chi connectivity index (χ4n) is 2.26. The molecule has 0 spiro atoms. The number of rotatable bonds is 8. The first-order valence-electron chi connectivity index (χ1n) is 9.29. The second kappa shape index (κ2) is 10.6. The molecule has 0 aliphatic rings. The van der Waals surface area contributed by atoms with Crippen LogP contribution in [0.4, 0.5) is 0 Å². The van der Waals surface area contributed by atoms with Crippen LogP contribution in [0.2, 0.25) is 0 Å². The molecule has 0 aliphatic heterocycles. The number of nitriles is 1. The zero-order chi connectivity index (χ0) is 21.3. The third-order valence-corrected chi connectivity index (χ3v) is 3.79. The molecule has 6 heteroatoms. The van der Waals surface area contributed by atoms with Gasteiger partial charge in [-0.05, 0) is 53.2 Å². The van der Waals surface area contributed by atoms with Crippen molar-refractivity contribution in [1.82, 2.24) is 0 Å². The maximum absolute atomic E-state index is 12.1. The van der Waals surface area contributed by atoms with Crippen LogP contribution in [-0.2, 0) is 19.0 Å². The summed E-state index contributed by atoms with van der Waals surface area (Å²) in [5.41, 5.74) is 1.03. The van der Waals surface area contributed by atoms with Gasteiger partial charge in [-0.15, -0.1) is 0 Å². The molecule has 28 heavy (non-hydrogen) atoms. The van der Waals surface area contributed by atoms with Crippen LogP contribution in [0.3, 0.4) is 0 Å². The molecule has 0 saturated heterocycles. The van der Waals surface area contributed by atoms with Gasteiger partial charge in [-0.1, -0.05) is 24.6 Å². The summed E-state index contributed by atoms with van der Waals surface area (Å²) in [6.45, 7) is 10.8. The van der Waals surface area contributed by atoms with Crippen molar-refractivity contribution in [3.05, 3.63) is 47.0 Å². The van der Waals surface area contributed by atoms with Crippen LogP contribution in [0.5, 0.6) is 0 Å². The molecule has 152 valence electrons. The van der Waals surface area contributed by atoms with E-state index in [1.54, 1.807) is 39.8 Å².